The fourth-order valence-electron chi connectivity index (χ4n) is 0.387. The van der Waals surface area contributed by atoms with Crippen LogP contribution in [0.1, 0.15) is 19.8 Å². The van der Waals surface area contributed by atoms with Gasteiger partial charge in [-0.25, -0.2) is 5.48 Å². The molecule has 0 spiro atoms. The Bertz CT molecular complexity index is 56.4. The van der Waals surface area contributed by atoms with Crippen LogP contribution in [0, 0.1) is 0 Å². The molecule has 0 aromatic carbocycles. The smallest absolute Gasteiger partial charge is 0.0792 e. The maximum absolute atomic E-state index is 5.05. The van der Waals surface area contributed by atoms with Crippen LogP contribution in [0.4, 0.5) is 0 Å². The summed E-state index contributed by atoms with van der Waals surface area (Å²) in [5.41, 5.74) is 2.81. The fourth-order valence-corrected chi connectivity index (χ4v) is 0.387. The van der Waals surface area contributed by atoms with Gasteiger partial charge in [-0.05, 0) is 12.8 Å². The zero-order chi connectivity index (χ0) is 5.11. The van der Waals surface area contributed by atoms with Crippen molar-refractivity contribution in [3.05, 3.63) is 0 Å². The van der Waals surface area contributed by atoms with Crippen LogP contribution in [-0.4, -0.2) is 12.6 Å². The van der Waals surface area contributed by atoms with Gasteiger partial charge in [-0.1, -0.05) is 6.92 Å². The summed E-state index contributed by atoms with van der Waals surface area (Å²) in [7, 11) is 0. The number of hydroxylamine groups is 1. The quantitative estimate of drug-likeness (QED) is 0.589. The highest BCUT2D eigenvalue weighted by atomic mass is 35.5. The number of nitrogens with one attached hydrogen (secondary N) is 1. The van der Waals surface area contributed by atoms with Gasteiger partial charge in [0, 0.05) is 6.54 Å². The third kappa shape index (κ3) is 3.24. The molecule has 0 saturated heterocycles. The van der Waals surface area contributed by atoms with Crippen molar-refractivity contribution in [1.29, 1.82) is 0 Å². The number of rotatable bonds is 3. The molecule has 2 nitrogen and oxygen atoms in total. The van der Waals surface area contributed by atoms with Gasteiger partial charge in [0.15, 0.2) is 0 Å². The molecule has 1 N–H and O–H groups in total. The monoisotopic (exact) mass is 137 g/mol. The van der Waals surface area contributed by atoms with Gasteiger partial charge in [-0.15, -0.1) is 12.4 Å². The minimum absolute atomic E-state index is 0. The van der Waals surface area contributed by atoms with E-state index in [1.54, 1.807) is 0 Å². The molecule has 1 rings (SSSR count). The lowest BCUT2D eigenvalue weighted by Gasteiger charge is -1.96. The molecule has 0 bridgehead atoms. The van der Waals surface area contributed by atoms with Crippen LogP contribution < -0.4 is 5.48 Å². The Morgan fingerprint density at radius 2 is 2.25 bits per heavy atom. The molecule has 1 fully saturated rings. The van der Waals surface area contributed by atoms with Crippen LogP contribution in [0.15, 0.2) is 0 Å². The van der Waals surface area contributed by atoms with Gasteiger partial charge in [-0.2, -0.15) is 0 Å². The lowest BCUT2D eigenvalue weighted by atomic mass is 10.8. The van der Waals surface area contributed by atoms with Crippen LogP contribution in [-0.2, 0) is 4.84 Å². The van der Waals surface area contributed by atoms with Crippen molar-refractivity contribution in [2.45, 2.75) is 25.9 Å². The molecule has 0 radical (unpaired) electrons. The Hall–Kier alpha value is 0.210. The molecule has 0 amide bonds. The zero-order valence-corrected chi connectivity index (χ0v) is 5.83. The summed E-state index contributed by atoms with van der Waals surface area (Å²) in [4.78, 5) is 5.05. The molecular weight excluding hydrogens is 126 g/mol. The average Bonchev–Trinajstić information content (AvgIpc) is 2.42. The number of halogens is 1. The van der Waals surface area contributed by atoms with Gasteiger partial charge in [0.25, 0.3) is 0 Å². The third-order valence-electron chi connectivity index (χ3n) is 0.919. The third-order valence-corrected chi connectivity index (χ3v) is 0.919. The molecule has 0 aromatic rings. The van der Waals surface area contributed by atoms with E-state index in [0.717, 1.165) is 6.54 Å². The van der Waals surface area contributed by atoms with Crippen LogP contribution in [0.2, 0.25) is 0 Å². The van der Waals surface area contributed by atoms with Gasteiger partial charge in [-0.3, -0.25) is 4.84 Å². The predicted octanol–water partition coefficient (Wildman–Crippen LogP) is 1.11. The molecule has 0 unspecified atom stereocenters. The van der Waals surface area contributed by atoms with E-state index in [0.29, 0.717) is 6.10 Å². The Morgan fingerprint density at radius 1 is 1.62 bits per heavy atom. The van der Waals surface area contributed by atoms with Crippen molar-refractivity contribution in [3.63, 3.8) is 0 Å². The molecule has 3 heteroatoms. The van der Waals surface area contributed by atoms with Crippen LogP contribution in [0.3, 0.4) is 0 Å². The van der Waals surface area contributed by atoms with E-state index in [9.17, 15) is 0 Å². The SMILES string of the molecule is CCNOC1CC1.Cl. The van der Waals surface area contributed by atoms with Gasteiger partial charge in [0.1, 0.15) is 0 Å². The molecule has 1 aliphatic carbocycles. The summed E-state index contributed by atoms with van der Waals surface area (Å²) < 4.78 is 0. The van der Waals surface area contributed by atoms with Crippen molar-refractivity contribution in [1.82, 2.24) is 5.48 Å². The topological polar surface area (TPSA) is 21.3 Å². The van der Waals surface area contributed by atoms with E-state index in [2.05, 4.69) is 5.48 Å². The first-order chi connectivity index (χ1) is 3.43. The number of hydrogen-bond acceptors (Lipinski definition) is 2. The summed E-state index contributed by atoms with van der Waals surface area (Å²) >= 11 is 0. The Labute approximate surface area is 56.0 Å². The van der Waals surface area contributed by atoms with Gasteiger partial charge in [0.05, 0.1) is 6.10 Å². The minimum Gasteiger partial charge on any atom is -0.299 e. The Balaban J connectivity index is 0.000000490. The van der Waals surface area contributed by atoms with E-state index in [4.69, 9.17) is 4.84 Å². The summed E-state index contributed by atoms with van der Waals surface area (Å²) in [5.74, 6) is 0. The van der Waals surface area contributed by atoms with Crippen molar-refractivity contribution in [2.24, 2.45) is 0 Å². The second-order valence-electron chi connectivity index (χ2n) is 1.82. The first-order valence-corrected chi connectivity index (χ1v) is 2.82. The van der Waals surface area contributed by atoms with E-state index in [1.807, 2.05) is 6.92 Å². The molecule has 50 valence electrons. The molecule has 0 aliphatic heterocycles. The highest BCUT2D eigenvalue weighted by Crippen LogP contribution is 2.21. The summed E-state index contributed by atoms with van der Waals surface area (Å²) in [6.07, 6.45) is 3.03. The largest absolute Gasteiger partial charge is 0.299 e. The molecule has 0 heterocycles. The Morgan fingerprint density at radius 3 is 2.62 bits per heavy atom. The summed E-state index contributed by atoms with van der Waals surface area (Å²) in [6.45, 7) is 2.94. The molecular formula is C5H12ClNO. The van der Waals surface area contributed by atoms with E-state index in [-0.39, 0.29) is 12.4 Å². The fraction of sp³-hybridized carbons (Fsp3) is 1.00. The van der Waals surface area contributed by atoms with E-state index < -0.39 is 0 Å². The zero-order valence-electron chi connectivity index (χ0n) is 5.02. The summed E-state index contributed by atoms with van der Waals surface area (Å²) in [6, 6.07) is 0. The average molecular weight is 138 g/mol. The predicted molar refractivity (Wildman–Crippen MR) is 35.0 cm³/mol. The minimum atomic E-state index is 0. The molecule has 1 aliphatic rings. The van der Waals surface area contributed by atoms with Crippen molar-refractivity contribution >= 4 is 12.4 Å². The maximum Gasteiger partial charge on any atom is 0.0792 e. The van der Waals surface area contributed by atoms with Gasteiger partial charge in [0.2, 0.25) is 0 Å². The lowest BCUT2D eigenvalue weighted by molar-refractivity contribution is 0.0308. The molecule has 0 aromatic heterocycles. The second-order valence-corrected chi connectivity index (χ2v) is 1.82. The molecule has 1 saturated carbocycles. The van der Waals surface area contributed by atoms with E-state index >= 15 is 0 Å². The lowest BCUT2D eigenvalue weighted by Crippen LogP contribution is -2.14. The Kier molecular flexibility index (Phi) is 4.23. The molecule has 8 heavy (non-hydrogen) atoms. The normalized spacial score (nSPS) is 17.6. The first-order valence-electron chi connectivity index (χ1n) is 2.82. The van der Waals surface area contributed by atoms with Crippen LogP contribution in [0.25, 0.3) is 0 Å². The molecule has 0 atom stereocenters. The number of hydrogen-bond donors (Lipinski definition) is 1. The van der Waals surface area contributed by atoms with Gasteiger partial charge < -0.3 is 0 Å². The highest BCUT2D eigenvalue weighted by molar-refractivity contribution is 5.85. The standard InChI is InChI=1S/C5H11NO.ClH/c1-2-6-7-5-3-4-5;/h5-6H,2-4H2,1H3;1H. The first kappa shape index (κ1) is 8.21. The maximum atomic E-state index is 5.05. The second kappa shape index (κ2) is 4.13. The van der Waals surface area contributed by atoms with Crippen molar-refractivity contribution in [2.75, 3.05) is 6.54 Å². The van der Waals surface area contributed by atoms with Crippen LogP contribution >= 0.6 is 12.4 Å². The van der Waals surface area contributed by atoms with Crippen molar-refractivity contribution < 1.29 is 4.84 Å². The highest BCUT2D eigenvalue weighted by Gasteiger charge is 2.21. The van der Waals surface area contributed by atoms with Crippen molar-refractivity contribution in [3.8, 4) is 0 Å². The van der Waals surface area contributed by atoms with Crippen LogP contribution in [0.5, 0.6) is 0 Å². The van der Waals surface area contributed by atoms with Gasteiger partial charge >= 0.3 is 0 Å². The van der Waals surface area contributed by atoms with E-state index in [1.165, 1.54) is 12.8 Å². The summed E-state index contributed by atoms with van der Waals surface area (Å²) in [5, 5.41) is 0.